The second-order valence-electron chi connectivity index (χ2n) is 8.20. The van der Waals surface area contributed by atoms with Crippen LogP contribution in [0.25, 0.3) is 11.1 Å². The van der Waals surface area contributed by atoms with E-state index in [9.17, 15) is 9.90 Å². The van der Waals surface area contributed by atoms with E-state index in [0.29, 0.717) is 31.9 Å². The SMILES string of the molecule is CC(C)(C)C[C@@H](N)C(=O)N1CCOc2c(O)cc(-c3cccnc3)cc2C1. The molecule has 1 aliphatic heterocycles. The summed E-state index contributed by atoms with van der Waals surface area (Å²) in [7, 11) is 0. The number of benzene rings is 1. The van der Waals surface area contributed by atoms with Crippen molar-refractivity contribution in [2.24, 2.45) is 11.1 Å². The van der Waals surface area contributed by atoms with Gasteiger partial charge in [0.1, 0.15) is 6.61 Å². The fourth-order valence-electron chi connectivity index (χ4n) is 3.37. The molecule has 0 radical (unpaired) electrons. The van der Waals surface area contributed by atoms with Crippen LogP contribution in [0.5, 0.6) is 11.5 Å². The minimum Gasteiger partial charge on any atom is -0.504 e. The van der Waals surface area contributed by atoms with E-state index in [1.54, 1.807) is 23.4 Å². The van der Waals surface area contributed by atoms with Gasteiger partial charge in [-0.25, -0.2) is 0 Å². The van der Waals surface area contributed by atoms with Crippen LogP contribution in [0.4, 0.5) is 0 Å². The third-order valence-electron chi connectivity index (χ3n) is 4.57. The third-order valence-corrected chi connectivity index (χ3v) is 4.57. The van der Waals surface area contributed by atoms with Crippen LogP contribution in [0.2, 0.25) is 0 Å². The molecule has 0 aliphatic carbocycles. The molecule has 3 rings (SSSR count). The molecule has 2 heterocycles. The van der Waals surface area contributed by atoms with Crippen LogP contribution in [0, 0.1) is 5.41 Å². The highest BCUT2D eigenvalue weighted by Gasteiger charge is 2.28. The summed E-state index contributed by atoms with van der Waals surface area (Å²) in [6, 6.07) is 6.82. The number of nitrogens with zero attached hydrogens (tertiary/aromatic N) is 2. The minimum absolute atomic E-state index is 0.0267. The number of rotatable bonds is 3. The fourth-order valence-corrected chi connectivity index (χ4v) is 3.37. The number of carbonyl (C=O) groups is 1. The Morgan fingerprint density at radius 3 is 2.81 bits per heavy atom. The van der Waals surface area contributed by atoms with E-state index in [4.69, 9.17) is 10.5 Å². The molecule has 0 bridgehead atoms. The van der Waals surface area contributed by atoms with Crippen molar-refractivity contribution in [1.29, 1.82) is 0 Å². The highest BCUT2D eigenvalue weighted by molar-refractivity contribution is 5.82. The van der Waals surface area contributed by atoms with Gasteiger partial charge in [-0.1, -0.05) is 26.8 Å². The average molecular weight is 369 g/mol. The molecule has 1 atom stereocenters. The van der Waals surface area contributed by atoms with E-state index < -0.39 is 6.04 Å². The summed E-state index contributed by atoms with van der Waals surface area (Å²) in [6.45, 7) is 7.32. The second-order valence-corrected chi connectivity index (χ2v) is 8.20. The van der Waals surface area contributed by atoms with Gasteiger partial charge < -0.3 is 20.5 Å². The fraction of sp³-hybridized carbons (Fsp3) is 0.429. The number of phenolic OH excluding ortho intramolecular Hbond substituents is 1. The zero-order chi connectivity index (χ0) is 19.6. The maximum atomic E-state index is 12.9. The van der Waals surface area contributed by atoms with Gasteiger partial charge in [-0.3, -0.25) is 9.78 Å². The molecule has 1 aromatic heterocycles. The molecule has 0 saturated heterocycles. The predicted molar refractivity (Wildman–Crippen MR) is 104 cm³/mol. The van der Waals surface area contributed by atoms with Gasteiger partial charge in [0.25, 0.3) is 0 Å². The van der Waals surface area contributed by atoms with E-state index >= 15 is 0 Å². The van der Waals surface area contributed by atoms with E-state index in [0.717, 1.165) is 16.7 Å². The van der Waals surface area contributed by atoms with E-state index in [-0.39, 0.29) is 17.1 Å². The van der Waals surface area contributed by atoms with E-state index in [2.05, 4.69) is 25.8 Å². The Labute approximate surface area is 160 Å². The summed E-state index contributed by atoms with van der Waals surface area (Å²) in [5.74, 6) is 0.412. The number of fused-ring (bicyclic) bond motifs is 1. The molecule has 0 fully saturated rings. The van der Waals surface area contributed by atoms with Crippen molar-refractivity contribution in [2.45, 2.75) is 39.8 Å². The second kappa shape index (κ2) is 7.56. The predicted octanol–water partition coefficient (Wildman–Crippen LogP) is 2.94. The number of aromatic hydroxyl groups is 1. The molecule has 3 N–H and O–H groups in total. The molecule has 0 unspecified atom stereocenters. The van der Waals surface area contributed by atoms with Crippen molar-refractivity contribution in [3.05, 3.63) is 42.2 Å². The first-order chi connectivity index (χ1) is 12.7. The van der Waals surface area contributed by atoms with Crippen LogP contribution in [-0.2, 0) is 11.3 Å². The van der Waals surface area contributed by atoms with Crippen molar-refractivity contribution < 1.29 is 14.6 Å². The van der Waals surface area contributed by atoms with Gasteiger partial charge in [0.2, 0.25) is 5.91 Å². The van der Waals surface area contributed by atoms with Crippen LogP contribution in [0.1, 0.15) is 32.8 Å². The number of nitrogens with two attached hydrogens (primary N) is 1. The molecule has 27 heavy (non-hydrogen) atoms. The summed E-state index contributed by atoms with van der Waals surface area (Å²) in [5.41, 5.74) is 8.63. The van der Waals surface area contributed by atoms with Crippen molar-refractivity contribution in [2.75, 3.05) is 13.2 Å². The molecule has 6 nitrogen and oxygen atoms in total. The van der Waals surface area contributed by atoms with Gasteiger partial charge in [-0.2, -0.15) is 0 Å². The number of hydrogen-bond donors (Lipinski definition) is 2. The maximum absolute atomic E-state index is 12.9. The molecule has 0 saturated carbocycles. The molecule has 1 aromatic carbocycles. The zero-order valence-electron chi connectivity index (χ0n) is 16.1. The summed E-state index contributed by atoms with van der Waals surface area (Å²) in [4.78, 5) is 18.7. The Bertz CT molecular complexity index is 815. The number of carbonyl (C=O) groups excluding carboxylic acids is 1. The summed E-state index contributed by atoms with van der Waals surface area (Å²) >= 11 is 0. The lowest BCUT2D eigenvalue weighted by Gasteiger charge is -2.27. The van der Waals surface area contributed by atoms with Crippen molar-refractivity contribution in [3.8, 4) is 22.6 Å². The quantitative estimate of drug-likeness (QED) is 0.868. The summed E-state index contributed by atoms with van der Waals surface area (Å²) in [6.07, 6.45) is 4.05. The first-order valence-electron chi connectivity index (χ1n) is 9.18. The van der Waals surface area contributed by atoms with Crippen molar-refractivity contribution in [1.82, 2.24) is 9.88 Å². The number of phenols is 1. The van der Waals surface area contributed by atoms with E-state index in [1.165, 1.54) is 0 Å². The molecular weight excluding hydrogens is 342 g/mol. The summed E-state index contributed by atoms with van der Waals surface area (Å²) < 4.78 is 5.73. The zero-order valence-corrected chi connectivity index (χ0v) is 16.1. The number of hydrogen-bond acceptors (Lipinski definition) is 5. The topological polar surface area (TPSA) is 88.7 Å². The molecular formula is C21H27N3O3. The van der Waals surface area contributed by atoms with Gasteiger partial charge in [-0.05, 0) is 35.6 Å². The van der Waals surface area contributed by atoms with Crippen LogP contribution in [0.3, 0.4) is 0 Å². The smallest absolute Gasteiger partial charge is 0.239 e. The van der Waals surface area contributed by atoms with Crippen LogP contribution in [0.15, 0.2) is 36.7 Å². The molecule has 1 aliphatic rings. The molecule has 6 heteroatoms. The Morgan fingerprint density at radius 1 is 1.37 bits per heavy atom. The molecule has 0 spiro atoms. The lowest BCUT2D eigenvalue weighted by atomic mass is 9.88. The first-order valence-corrected chi connectivity index (χ1v) is 9.18. The largest absolute Gasteiger partial charge is 0.504 e. The third kappa shape index (κ3) is 4.57. The van der Waals surface area contributed by atoms with Gasteiger partial charge in [0.15, 0.2) is 11.5 Å². The number of amides is 1. The minimum atomic E-state index is -0.554. The monoisotopic (exact) mass is 369 g/mol. The van der Waals surface area contributed by atoms with Gasteiger partial charge in [0.05, 0.1) is 12.6 Å². The summed E-state index contributed by atoms with van der Waals surface area (Å²) in [5, 5.41) is 10.4. The first kappa shape index (κ1) is 19.2. The Morgan fingerprint density at radius 2 is 2.15 bits per heavy atom. The molecule has 144 valence electrons. The standard InChI is InChI=1S/C21H27N3O3/c1-21(2,3)11-17(22)20(26)24-7-8-27-19-16(13-24)9-15(10-18(19)25)14-5-4-6-23-12-14/h4-6,9-10,12,17,25H,7-8,11,13,22H2,1-3H3/t17-/m1/s1. The van der Waals surface area contributed by atoms with Crippen molar-refractivity contribution >= 4 is 5.91 Å². The Hall–Kier alpha value is -2.60. The Kier molecular flexibility index (Phi) is 5.37. The van der Waals surface area contributed by atoms with Gasteiger partial charge in [0, 0.05) is 30.1 Å². The van der Waals surface area contributed by atoms with Gasteiger partial charge >= 0.3 is 0 Å². The van der Waals surface area contributed by atoms with Crippen LogP contribution in [-0.4, -0.2) is 40.1 Å². The van der Waals surface area contributed by atoms with E-state index in [1.807, 2.05) is 18.2 Å². The maximum Gasteiger partial charge on any atom is 0.239 e. The van der Waals surface area contributed by atoms with Crippen LogP contribution >= 0.6 is 0 Å². The normalized spacial score (nSPS) is 15.5. The number of aromatic nitrogens is 1. The molecule has 2 aromatic rings. The Balaban J connectivity index is 1.88. The number of pyridine rings is 1. The van der Waals surface area contributed by atoms with Crippen LogP contribution < -0.4 is 10.5 Å². The average Bonchev–Trinajstić information content (AvgIpc) is 2.83. The highest BCUT2D eigenvalue weighted by atomic mass is 16.5. The highest BCUT2D eigenvalue weighted by Crippen LogP contribution is 2.37. The number of ether oxygens (including phenoxy) is 1. The lowest BCUT2D eigenvalue weighted by Crippen LogP contribution is -2.45. The van der Waals surface area contributed by atoms with Crippen molar-refractivity contribution in [3.63, 3.8) is 0 Å². The molecule has 1 amide bonds. The lowest BCUT2D eigenvalue weighted by molar-refractivity contribution is -0.134. The van der Waals surface area contributed by atoms with Gasteiger partial charge in [-0.15, -0.1) is 0 Å².